The fourth-order valence-corrected chi connectivity index (χ4v) is 4.47. The lowest BCUT2D eigenvalue weighted by molar-refractivity contribution is -0.129. The van der Waals surface area contributed by atoms with Gasteiger partial charge in [0.15, 0.2) is 0 Å². The molecule has 2 N–H and O–H groups in total. The van der Waals surface area contributed by atoms with E-state index in [0.29, 0.717) is 6.42 Å². The van der Waals surface area contributed by atoms with Crippen molar-refractivity contribution in [2.24, 2.45) is 0 Å². The number of rotatable bonds is 14. The molecular weight excluding hydrogens is 402 g/mol. The van der Waals surface area contributed by atoms with Crippen LogP contribution in [0.15, 0.2) is 42.5 Å². The molecule has 1 amide bonds. The van der Waals surface area contributed by atoms with Gasteiger partial charge in [0.2, 0.25) is 5.91 Å². The van der Waals surface area contributed by atoms with Gasteiger partial charge in [-0.05, 0) is 68.1 Å². The SMILES string of the molecule is O=C(CCCCCN(CCCCN1CCOCC1)CCc1cccc2ccccc12)NO. The number of fused-ring (bicyclic) bond motifs is 1. The van der Waals surface area contributed by atoms with E-state index in [-0.39, 0.29) is 5.91 Å². The molecule has 0 radical (unpaired) electrons. The highest BCUT2D eigenvalue weighted by Crippen LogP contribution is 2.19. The molecule has 2 aromatic rings. The maximum Gasteiger partial charge on any atom is 0.243 e. The number of hydroxylamine groups is 1. The van der Waals surface area contributed by atoms with E-state index in [2.05, 4.69) is 52.3 Å². The van der Waals surface area contributed by atoms with Crippen LogP contribution in [-0.2, 0) is 16.0 Å². The molecule has 176 valence electrons. The Kier molecular flexibility index (Phi) is 11.0. The van der Waals surface area contributed by atoms with Gasteiger partial charge in [-0.1, -0.05) is 48.9 Å². The summed E-state index contributed by atoms with van der Waals surface area (Å²) in [5.74, 6) is -0.291. The monoisotopic (exact) mass is 441 g/mol. The van der Waals surface area contributed by atoms with Gasteiger partial charge in [-0.25, -0.2) is 5.48 Å². The minimum absolute atomic E-state index is 0.291. The summed E-state index contributed by atoms with van der Waals surface area (Å²) in [6, 6.07) is 15.2. The molecule has 0 aliphatic carbocycles. The number of amides is 1. The first-order valence-corrected chi connectivity index (χ1v) is 12.2. The van der Waals surface area contributed by atoms with Gasteiger partial charge in [0.1, 0.15) is 0 Å². The number of hydrogen-bond acceptors (Lipinski definition) is 5. The number of carbonyl (C=O) groups is 1. The second kappa shape index (κ2) is 14.2. The molecule has 1 aliphatic rings. The van der Waals surface area contributed by atoms with Crippen LogP contribution in [0, 0.1) is 0 Å². The van der Waals surface area contributed by atoms with E-state index in [1.54, 1.807) is 5.48 Å². The number of carbonyl (C=O) groups excluding carboxylic acids is 1. The molecule has 2 aromatic carbocycles. The van der Waals surface area contributed by atoms with Crippen LogP contribution in [-0.4, -0.2) is 73.4 Å². The number of nitrogens with one attached hydrogen (secondary N) is 1. The maximum atomic E-state index is 11.2. The molecule has 0 aromatic heterocycles. The lowest BCUT2D eigenvalue weighted by atomic mass is 10.0. The lowest BCUT2D eigenvalue weighted by Gasteiger charge is -2.27. The van der Waals surface area contributed by atoms with E-state index in [9.17, 15) is 4.79 Å². The topological polar surface area (TPSA) is 65.0 Å². The van der Waals surface area contributed by atoms with Crippen LogP contribution in [0.25, 0.3) is 10.8 Å². The molecule has 1 heterocycles. The van der Waals surface area contributed by atoms with Crippen molar-refractivity contribution >= 4 is 16.7 Å². The van der Waals surface area contributed by atoms with E-state index in [1.165, 1.54) is 29.2 Å². The summed E-state index contributed by atoms with van der Waals surface area (Å²) < 4.78 is 5.45. The third-order valence-electron chi connectivity index (χ3n) is 6.38. The first-order chi connectivity index (χ1) is 15.8. The van der Waals surface area contributed by atoms with E-state index >= 15 is 0 Å². The van der Waals surface area contributed by atoms with Crippen LogP contribution < -0.4 is 5.48 Å². The van der Waals surface area contributed by atoms with Crippen molar-refractivity contribution in [3.8, 4) is 0 Å². The van der Waals surface area contributed by atoms with Crippen molar-refractivity contribution in [2.45, 2.75) is 44.9 Å². The fraction of sp³-hybridized carbons (Fsp3) is 0.577. The van der Waals surface area contributed by atoms with Crippen molar-refractivity contribution < 1.29 is 14.7 Å². The Balaban J connectivity index is 1.46. The zero-order valence-electron chi connectivity index (χ0n) is 19.3. The summed E-state index contributed by atoms with van der Waals surface area (Å²) in [7, 11) is 0. The molecule has 6 nitrogen and oxygen atoms in total. The molecule has 6 heteroatoms. The van der Waals surface area contributed by atoms with E-state index < -0.39 is 0 Å². The van der Waals surface area contributed by atoms with Crippen molar-refractivity contribution in [2.75, 3.05) is 52.5 Å². The van der Waals surface area contributed by atoms with Gasteiger partial charge in [0.25, 0.3) is 0 Å². The summed E-state index contributed by atoms with van der Waals surface area (Å²) >= 11 is 0. The molecule has 3 rings (SSSR count). The highest BCUT2D eigenvalue weighted by molar-refractivity contribution is 5.85. The van der Waals surface area contributed by atoms with Crippen molar-refractivity contribution in [3.05, 3.63) is 48.0 Å². The average molecular weight is 442 g/mol. The predicted molar refractivity (Wildman–Crippen MR) is 129 cm³/mol. The van der Waals surface area contributed by atoms with Crippen molar-refractivity contribution in [3.63, 3.8) is 0 Å². The summed E-state index contributed by atoms with van der Waals surface area (Å²) in [5.41, 5.74) is 3.14. The van der Waals surface area contributed by atoms with Crippen LogP contribution in [0.1, 0.15) is 44.1 Å². The van der Waals surface area contributed by atoms with E-state index in [0.717, 1.165) is 78.2 Å². The largest absolute Gasteiger partial charge is 0.379 e. The Morgan fingerprint density at radius 1 is 0.938 bits per heavy atom. The lowest BCUT2D eigenvalue weighted by Crippen LogP contribution is -2.37. The third-order valence-corrected chi connectivity index (χ3v) is 6.38. The summed E-state index contributed by atoms with van der Waals surface area (Å²) in [4.78, 5) is 16.3. The Hall–Kier alpha value is -1.99. The number of morpholine rings is 1. The molecule has 0 spiro atoms. The van der Waals surface area contributed by atoms with Crippen LogP contribution in [0.5, 0.6) is 0 Å². The van der Waals surface area contributed by atoms with Gasteiger partial charge in [-0.3, -0.25) is 14.9 Å². The molecule has 0 atom stereocenters. The number of ether oxygens (including phenoxy) is 1. The predicted octanol–water partition coefficient (Wildman–Crippen LogP) is 3.86. The zero-order chi connectivity index (χ0) is 22.4. The third kappa shape index (κ3) is 8.51. The first-order valence-electron chi connectivity index (χ1n) is 12.2. The number of nitrogens with zero attached hydrogens (tertiary/aromatic N) is 2. The highest BCUT2D eigenvalue weighted by Gasteiger charge is 2.11. The highest BCUT2D eigenvalue weighted by atomic mass is 16.5. The Bertz CT molecular complexity index is 803. The van der Waals surface area contributed by atoms with Crippen LogP contribution in [0.3, 0.4) is 0 Å². The van der Waals surface area contributed by atoms with Gasteiger partial charge >= 0.3 is 0 Å². The van der Waals surface area contributed by atoms with Crippen molar-refractivity contribution in [1.82, 2.24) is 15.3 Å². The molecule has 0 bridgehead atoms. The summed E-state index contributed by atoms with van der Waals surface area (Å²) in [6.07, 6.45) is 6.79. The summed E-state index contributed by atoms with van der Waals surface area (Å²) in [5, 5.41) is 11.3. The van der Waals surface area contributed by atoms with Crippen LogP contribution in [0.2, 0.25) is 0 Å². The van der Waals surface area contributed by atoms with Gasteiger partial charge in [0.05, 0.1) is 13.2 Å². The molecule has 1 aliphatic heterocycles. The average Bonchev–Trinajstić information content (AvgIpc) is 2.84. The van der Waals surface area contributed by atoms with E-state index in [1.807, 2.05) is 0 Å². The van der Waals surface area contributed by atoms with E-state index in [4.69, 9.17) is 9.94 Å². The Labute approximate surface area is 192 Å². The number of unbranched alkanes of at least 4 members (excludes halogenated alkanes) is 3. The van der Waals surface area contributed by atoms with Crippen molar-refractivity contribution in [1.29, 1.82) is 0 Å². The maximum absolute atomic E-state index is 11.2. The quantitative estimate of drug-likeness (QED) is 0.265. The van der Waals surface area contributed by atoms with Gasteiger partial charge in [-0.2, -0.15) is 0 Å². The second-order valence-corrected chi connectivity index (χ2v) is 8.74. The first kappa shape index (κ1) is 24.6. The molecule has 1 fully saturated rings. The Morgan fingerprint density at radius 3 is 2.50 bits per heavy atom. The molecule has 32 heavy (non-hydrogen) atoms. The zero-order valence-corrected chi connectivity index (χ0v) is 19.3. The smallest absolute Gasteiger partial charge is 0.243 e. The molecule has 0 saturated carbocycles. The standard InChI is InChI=1S/C26H39N3O3/c30-26(27-31)13-2-1-5-15-28(16-6-7-17-29-19-21-32-22-20-29)18-14-24-11-8-10-23-9-3-4-12-25(23)24/h3-4,8-12,31H,1-2,5-7,13-22H2,(H,27,30). The minimum Gasteiger partial charge on any atom is -0.379 e. The van der Waals surface area contributed by atoms with Gasteiger partial charge < -0.3 is 9.64 Å². The minimum atomic E-state index is -0.291. The molecule has 0 unspecified atom stereocenters. The number of hydrogen-bond donors (Lipinski definition) is 2. The van der Waals surface area contributed by atoms with Crippen LogP contribution >= 0.6 is 0 Å². The number of benzene rings is 2. The second-order valence-electron chi connectivity index (χ2n) is 8.74. The Morgan fingerprint density at radius 2 is 1.69 bits per heavy atom. The fourth-order valence-electron chi connectivity index (χ4n) is 4.47. The molecule has 1 saturated heterocycles. The normalized spacial score (nSPS) is 14.8. The summed E-state index contributed by atoms with van der Waals surface area (Å²) in [6.45, 7) is 8.25. The van der Waals surface area contributed by atoms with Gasteiger partial charge in [0, 0.05) is 26.1 Å². The molecular formula is C26H39N3O3. The van der Waals surface area contributed by atoms with Crippen LogP contribution in [0.4, 0.5) is 0 Å². The van der Waals surface area contributed by atoms with Gasteiger partial charge in [-0.15, -0.1) is 0 Å².